The predicted molar refractivity (Wildman–Crippen MR) is 58.5 cm³/mol. The van der Waals surface area contributed by atoms with Gasteiger partial charge in [0.2, 0.25) is 0 Å². The van der Waals surface area contributed by atoms with Gasteiger partial charge in [-0.05, 0) is 19.9 Å². The third-order valence-electron chi connectivity index (χ3n) is 2.86. The van der Waals surface area contributed by atoms with Crippen LogP contribution in [0.15, 0.2) is 0 Å². The van der Waals surface area contributed by atoms with Crippen molar-refractivity contribution in [1.29, 1.82) is 0 Å². The molecule has 2 rings (SSSR count). The van der Waals surface area contributed by atoms with E-state index in [1.54, 1.807) is 4.90 Å². The van der Waals surface area contributed by atoms with Crippen LogP contribution >= 0.6 is 0 Å². The second-order valence-corrected chi connectivity index (χ2v) is 4.06. The minimum absolute atomic E-state index is 0.277. The third kappa shape index (κ3) is 2.91. The molecule has 1 saturated heterocycles. The topological polar surface area (TPSA) is 23.6 Å². The molecule has 2 aliphatic rings. The molecule has 1 saturated carbocycles. The first-order valence-electron chi connectivity index (χ1n) is 5.79. The van der Waals surface area contributed by atoms with Crippen LogP contribution < -0.4 is 0 Å². The van der Waals surface area contributed by atoms with Crippen molar-refractivity contribution in [2.75, 3.05) is 33.2 Å². The molecule has 4 heteroatoms. The number of halogens is 1. The van der Waals surface area contributed by atoms with Crippen LogP contribution in [-0.2, 0) is 4.79 Å². The fourth-order valence-electron chi connectivity index (χ4n) is 1.62. The van der Waals surface area contributed by atoms with Crippen molar-refractivity contribution in [1.82, 2.24) is 9.80 Å². The molecule has 1 aliphatic heterocycles. The Morgan fingerprint density at radius 2 is 1.60 bits per heavy atom. The highest BCUT2D eigenvalue weighted by Gasteiger charge is 2.52. The number of carbonyl (C=O) groups excluding carboxylic acids is 1. The minimum Gasteiger partial charge on any atom is -0.337 e. The van der Waals surface area contributed by atoms with Crippen molar-refractivity contribution >= 4 is 5.91 Å². The number of rotatable bonds is 1. The number of likely N-dealkylation sites (N-methyl/N-ethyl adjacent to an activating group) is 1. The van der Waals surface area contributed by atoms with Gasteiger partial charge in [-0.2, -0.15) is 0 Å². The maximum atomic E-state index is 13.4. The Morgan fingerprint density at radius 3 is 2.00 bits per heavy atom. The Morgan fingerprint density at radius 1 is 1.13 bits per heavy atom. The van der Waals surface area contributed by atoms with E-state index in [-0.39, 0.29) is 5.91 Å². The molecule has 0 atom stereocenters. The smallest absolute Gasteiger partial charge is 0.260 e. The number of nitrogens with zero attached hydrogens (tertiary/aromatic N) is 2. The summed E-state index contributed by atoms with van der Waals surface area (Å²) in [5.74, 6) is -0.277. The van der Waals surface area contributed by atoms with Crippen molar-refractivity contribution in [3.8, 4) is 0 Å². The van der Waals surface area contributed by atoms with Crippen molar-refractivity contribution < 1.29 is 9.18 Å². The molecular weight excluding hydrogens is 195 g/mol. The van der Waals surface area contributed by atoms with E-state index in [1.807, 2.05) is 20.9 Å². The van der Waals surface area contributed by atoms with Gasteiger partial charge in [-0.15, -0.1) is 0 Å². The van der Waals surface area contributed by atoms with E-state index in [0.29, 0.717) is 25.9 Å². The lowest BCUT2D eigenvalue weighted by molar-refractivity contribution is -0.139. The van der Waals surface area contributed by atoms with Crippen molar-refractivity contribution in [2.24, 2.45) is 0 Å². The van der Waals surface area contributed by atoms with Crippen LogP contribution in [0.25, 0.3) is 0 Å². The standard InChI is InChI=1S/C9H15FN2O.C2H6/c1-11-4-6-12(7-5-11)8(13)9(10)2-3-9;1-2/h2-7H2,1H3;1-2H3. The first-order valence-corrected chi connectivity index (χ1v) is 5.79. The van der Waals surface area contributed by atoms with Gasteiger partial charge in [-0.1, -0.05) is 13.8 Å². The van der Waals surface area contributed by atoms with E-state index in [2.05, 4.69) is 4.90 Å². The number of piperazine rings is 1. The molecule has 0 bridgehead atoms. The largest absolute Gasteiger partial charge is 0.337 e. The van der Waals surface area contributed by atoms with E-state index >= 15 is 0 Å². The van der Waals surface area contributed by atoms with E-state index in [1.165, 1.54) is 0 Å². The average molecular weight is 216 g/mol. The Kier molecular flexibility index (Phi) is 4.08. The van der Waals surface area contributed by atoms with E-state index < -0.39 is 5.67 Å². The molecule has 0 aromatic rings. The summed E-state index contributed by atoms with van der Waals surface area (Å²) in [5, 5.41) is 0. The fraction of sp³-hybridized carbons (Fsp3) is 0.909. The van der Waals surface area contributed by atoms with Gasteiger partial charge in [-0.25, -0.2) is 4.39 Å². The minimum atomic E-state index is -1.48. The molecule has 88 valence electrons. The highest BCUT2D eigenvalue weighted by atomic mass is 19.1. The highest BCUT2D eigenvalue weighted by molar-refractivity contribution is 5.88. The van der Waals surface area contributed by atoms with Crippen LogP contribution in [-0.4, -0.2) is 54.6 Å². The maximum absolute atomic E-state index is 13.4. The SMILES string of the molecule is CC.CN1CCN(C(=O)C2(F)CC2)CC1. The molecule has 1 heterocycles. The van der Waals surface area contributed by atoms with Gasteiger partial charge in [0.1, 0.15) is 0 Å². The summed E-state index contributed by atoms with van der Waals surface area (Å²) in [6.07, 6.45) is 0.857. The molecule has 0 radical (unpaired) electrons. The molecule has 15 heavy (non-hydrogen) atoms. The number of alkyl halides is 1. The predicted octanol–water partition coefficient (Wildman–Crippen LogP) is 1.29. The Bertz CT molecular complexity index is 221. The third-order valence-corrected chi connectivity index (χ3v) is 2.86. The molecule has 0 N–H and O–H groups in total. The quantitative estimate of drug-likeness (QED) is 0.659. The first kappa shape index (κ1) is 12.4. The van der Waals surface area contributed by atoms with Gasteiger partial charge >= 0.3 is 0 Å². The van der Waals surface area contributed by atoms with Crippen LogP contribution in [0, 0.1) is 0 Å². The number of amides is 1. The van der Waals surface area contributed by atoms with Gasteiger partial charge in [-0.3, -0.25) is 4.79 Å². The van der Waals surface area contributed by atoms with Gasteiger partial charge in [0, 0.05) is 26.2 Å². The van der Waals surface area contributed by atoms with Crippen LogP contribution in [0.5, 0.6) is 0 Å². The number of hydrogen-bond donors (Lipinski definition) is 0. The van der Waals surface area contributed by atoms with E-state index in [9.17, 15) is 9.18 Å². The summed E-state index contributed by atoms with van der Waals surface area (Å²) >= 11 is 0. The lowest BCUT2D eigenvalue weighted by atomic mass is 10.2. The second kappa shape index (κ2) is 4.92. The molecule has 0 aromatic carbocycles. The zero-order chi connectivity index (χ0) is 11.5. The lowest BCUT2D eigenvalue weighted by Gasteiger charge is -2.33. The van der Waals surface area contributed by atoms with E-state index in [4.69, 9.17) is 0 Å². The molecule has 3 nitrogen and oxygen atoms in total. The van der Waals surface area contributed by atoms with Gasteiger partial charge in [0.05, 0.1) is 0 Å². The summed E-state index contributed by atoms with van der Waals surface area (Å²) in [4.78, 5) is 15.3. The van der Waals surface area contributed by atoms with Gasteiger partial charge in [0.25, 0.3) is 5.91 Å². The van der Waals surface area contributed by atoms with Crippen molar-refractivity contribution in [3.63, 3.8) is 0 Å². The van der Waals surface area contributed by atoms with Crippen molar-refractivity contribution in [3.05, 3.63) is 0 Å². The fourth-order valence-corrected chi connectivity index (χ4v) is 1.62. The lowest BCUT2D eigenvalue weighted by Crippen LogP contribution is -2.50. The van der Waals surface area contributed by atoms with Crippen molar-refractivity contribution in [2.45, 2.75) is 32.4 Å². The first-order chi connectivity index (χ1) is 7.12. The summed E-state index contributed by atoms with van der Waals surface area (Å²) < 4.78 is 13.4. The summed E-state index contributed by atoms with van der Waals surface area (Å²) in [7, 11) is 2.02. The summed E-state index contributed by atoms with van der Waals surface area (Å²) in [6.45, 7) is 7.09. The molecule has 0 unspecified atom stereocenters. The Labute approximate surface area is 91.2 Å². The normalized spacial score (nSPS) is 24.1. The molecule has 0 aromatic heterocycles. The van der Waals surface area contributed by atoms with Gasteiger partial charge in [0.15, 0.2) is 5.67 Å². The average Bonchev–Trinajstić information content (AvgIpc) is 3.01. The summed E-state index contributed by atoms with van der Waals surface area (Å²) in [5.41, 5.74) is -1.48. The van der Waals surface area contributed by atoms with Crippen LogP contribution in [0.4, 0.5) is 4.39 Å². The monoisotopic (exact) mass is 216 g/mol. The Hall–Kier alpha value is -0.640. The van der Waals surface area contributed by atoms with Crippen LogP contribution in [0.3, 0.4) is 0 Å². The Balaban J connectivity index is 0.000000531. The second-order valence-electron chi connectivity index (χ2n) is 4.06. The molecular formula is C11H21FN2O. The summed E-state index contributed by atoms with van der Waals surface area (Å²) in [6, 6.07) is 0. The van der Waals surface area contributed by atoms with Gasteiger partial charge < -0.3 is 9.80 Å². The molecule has 2 fully saturated rings. The maximum Gasteiger partial charge on any atom is 0.260 e. The molecule has 1 aliphatic carbocycles. The zero-order valence-corrected chi connectivity index (χ0v) is 9.92. The highest BCUT2D eigenvalue weighted by Crippen LogP contribution is 2.41. The van der Waals surface area contributed by atoms with E-state index in [0.717, 1.165) is 13.1 Å². The van der Waals surface area contributed by atoms with Crippen LogP contribution in [0.2, 0.25) is 0 Å². The van der Waals surface area contributed by atoms with Crippen LogP contribution in [0.1, 0.15) is 26.7 Å². The number of hydrogen-bond acceptors (Lipinski definition) is 2. The molecule has 0 spiro atoms. The zero-order valence-electron chi connectivity index (χ0n) is 9.92. The number of carbonyl (C=O) groups is 1. The molecule has 1 amide bonds.